The SMILES string of the molecule is [2H]C([2H])([2H])n1[c](=[Pt])n(-c2[c-]c(Oc3[c-]c4c(cc3)c3cc5c(cc3n4-c3ccccn3)OCCC5)ccc2)c2ccccc21. The van der Waals surface area contributed by atoms with Crippen molar-refractivity contribution in [2.45, 2.75) is 12.8 Å². The van der Waals surface area contributed by atoms with E-state index in [9.17, 15) is 0 Å². The Balaban J connectivity index is 1.25. The minimum atomic E-state index is -2.34. The van der Waals surface area contributed by atoms with Crippen LogP contribution in [0.15, 0.2) is 91.1 Å². The monoisotopic (exact) mass is 718 g/mol. The number of hydrogen-bond acceptors (Lipinski definition) is 3. The van der Waals surface area contributed by atoms with Gasteiger partial charge in [0.25, 0.3) is 0 Å². The molecule has 0 saturated carbocycles. The van der Waals surface area contributed by atoms with Gasteiger partial charge in [-0.2, -0.15) is 0 Å². The van der Waals surface area contributed by atoms with Gasteiger partial charge in [-0.25, -0.2) is 0 Å². The number of hydrogen-bond donors (Lipinski definition) is 0. The first kappa shape index (κ1) is 21.4. The van der Waals surface area contributed by atoms with Crippen LogP contribution in [0.25, 0.3) is 44.3 Å². The van der Waals surface area contributed by atoms with E-state index in [1.54, 1.807) is 6.20 Å². The van der Waals surface area contributed by atoms with Crippen LogP contribution in [0.1, 0.15) is 16.1 Å². The van der Waals surface area contributed by atoms with Gasteiger partial charge in [-0.15, -0.1) is 0 Å². The van der Waals surface area contributed by atoms with Gasteiger partial charge in [0.1, 0.15) is 5.75 Å². The van der Waals surface area contributed by atoms with E-state index in [1.807, 2.05) is 71.3 Å². The number of pyridine rings is 1. The molecule has 3 aromatic heterocycles. The molecule has 0 N–H and O–H groups in total. The molecular formula is C34H24N4O2Pt-2. The molecule has 0 radical (unpaired) electrons. The average Bonchev–Trinajstić information content (AvgIpc) is 3.51. The Bertz CT molecular complexity index is 2290. The first-order valence-corrected chi connectivity index (χ1v) is 14.5. The molecular weight excluding hydrogens is 691 g/mol. The van der Waals surface area contributed by atoms with Crippen molar-refractivity contribution in [3.8, 4) is 28.8 Å². The number of aromatic nitrogens is 4. The molecule has 0 unspecified atom stereocenters. The zero-order chi connectivity index (χ0) is 30.0. The normalized spacial score (nSPS) is 14.4. The quantitative estimate of drug-likeness (QED) is 0.180. The van der Waals surface area contributed by atoms with E-state index in [0.29, 0.717) is 26.5 Å². The topological polar surface area (TPSA) is 46.1 Å². The van der Waals surface area contributed by atoms with Crippen LogP contribution in [0.3, 0.4) is 0 Å². The predicted octanol–water partition coefficient (Wildman–Crippen LogP) is 7.26. The second-order valence-corrected chi connectivity index (χ2v) is 11.0. The number of aryl methyl sites for hydroxylation is 2. The molecule has 4 aromatic carbocycles. The van der Waals surface area contributed by atoms with Crippen LogP contribution in [0.2, 0.25) is 0 Å². The Morgan fingerprint density at radius 3 is 2.63 bits per heavy atom. The molecule has 0 fully saturated rings. The van der Waals surface area contributed by atoms with Gasteiger partial charge >= 0.3 is 198 Å². The fourth-order valence-corrected chi connectivity index (χ4v) is 6.46. The molecule has 0 amide bonds. The minimum absolute atomic E-state index is 0.483. The third-order valence-corrected chi connectivity index (χ3v) is 8.49. The molecule has 0 atom stereocenters. The molecule has 0 spiro atoms. The zero-order valence-corrected chi connectivity index (χ0v) is 24.0. The molecule has 204 valence electrons. The van der Waals surface area contributed by atoms with Crippen molar-refractivity contribution < 1.29 is 32.9 Å². The number of rotatable bonds is 4. The molecule has 0 aliphatic carbocycles. The number of benzene rings is 4. The summed E-state index contributed by atoms with van der Waals surface area (Å²) in [6, 6.07) is 34.1. The van der Waals surface area contributed by atoms with Crippen LogP contribution in [-0.4, -0.2) is 25.3 Å². The van der Waals surface area contributed by atoms with Crippen LogP contribution in [0.5, 0.6) is 17.2 Å². The Morgan fingerprint density at radius 2 is 1.76 bits per heavy atom. The van der Waals surface area contributed by atoms with E-state index >= 15 is 0 Å². The van der Waals surface area contributed by atoms with Crippen LogP contribution in [0, 0.1) is 15.9 Å². The standard InChI is InChI=1S/C34H24N4O2.Pt/c1-36-22-37(30-12-3-2-11-29(30)36)24-9-6-10-25(19-24)40-26-14-15-27-28-18-23-8-7-17-39-33(23)21-32(28)38(31(27)20-26)34-13-4-5-16-35-34;/h2-6,9-16,18,21H,7-8,17H2,1H3;/q-2;/i1D3;. The van der Waals surface area contributed by atoms with Crippen LogP contribution >= 0.6 is 0 Å². The number of para-hydroxylation sites is 2. The molecule has 1 aliphatic heterocycles. The second kappa shape index (κ2) is 9.60. The number of nitrogens with zero attached hydrogens (tertiary/aromatic N) is 4. The van der Waals surface area contributed by atoms with Crippen LogP contribution < -0.4 is 9.47 Å². The van der Waals surface area contributed by atoms with Gasteiger partial charge < -0.3 is 4.74 Å². The Kier molecular flexibility index (Phi) is 5.00. The van der Waals surface area contributed by atoms with E-state index < -0.39 is 6.98 Å². The van der Waals surface area contributed by atoms with Crippen molar-refractivity contribution >= 4 is 32.8 Å². The number of imidazole rings is 1. The van der Waals surface area contributed by atoms with Gasteiger partial charge in [0, 0.05) is 6.20 Å². The Morgan fingerprint density at radius 1 is 0.878 bits per heavy atom. The Hall–Kier alpha value is -4.41. The van der Waals surface area contributed by atoms with Gasteiger partial charge in [-0.05, 0) is 24.5 Å². The van der Waals surface area contributed by atoms with Crippen molar-refractivity contribution in [3.05, 3.63) is 113 Å². The van der Waals surface area contributed by atoms with E-state index in [4.69, 9.17) is 13.6 Å². The van der Waals surface area contributed by atoms with Gasteiger partial charge in [0.15, 0.2) is 0 Å². The van der Waals surface area contributed by atoms with E-state index in [2.05, 4.69) is 59.2 Å². The van der Waals surface area contributed by atoms with Crippen molar-refractivity contribution in [3.63, 3.8) is 0 Å². The maximum atomic E-state index is 8.12. The summed E-state index contributed by atoms with van der Waals surface area (Å²) in [5.41, 5.74) is 5.10. The van der Waals surface area contributed by atoms with Crippen LogP contribution in [-0.2, 0) is 32.8 Å². The molecule has 7 aromatic rings. The molecule has 0 saturated heterocycles. The summed E-state index contributed by atoms with van der Waals surface area (Å²) in [6.45, 7) is -1.62. The number of ether oxygens (including phenoxy) is 2. The Labute approximate surface area is 251 Å². The first-order valence-electron chi connectivity index (χ1n) is 14.8. The zero-order valence-electron chi connectivity index (χ0n) is 24.7. The molecule has 7 heteroatoms. The average molecular weight is 719 g/mol. The fraction of sp³-hybridized carbons (Fsp3) is 0.118. The summed E-state index contributed by atoms with van der Waals surface area (Å²) < 4.78 is 42.6. The van der Waals surface area contributed by atoms with Crippen molar-refractivity contribution in [1.82, 2.24) is 18.7 Å². The summed E-state index contributed by atoms with van der Waals surface area (Å²) >= 11 is 2.06. The van der Waals surface area contributed by atoms with E-state index in [0.717, 1.165) is 58.3 Å². The molecule has 4 heterocycles. The predicted molar refractivity (Wildman–Crippen MR) is 156 cm³/mol. The summed E-state index contributed by atoms with van der Waals surface area (Å²) in [5.74, 6) is 2.70. The number of fused-ring (bicyclic) bond motifs is 5. The molecule has 1 aliphatic rings. The van der Waals surface area contributed by atoms with E-state index in [1.165, 1.54) is 10.1 Å². The third-order valence-electron chi connectivity index (χ3n) is 7.48. The second-order valence-electron chi connectivity index (χ2n) is 9.94. The molecule has 6 nitrogen and oxygen atoms in total. The first-order chi connectivity index (χ1) is 21.4. The van der Waals surface area contributed by atoms with Gasteiger partial charge in [0.2, 0.25) is 0 Å². The van der Waals surface area contributed by atoms with Crippen LogP contribution in [0.4, 0.5) is 0 Å². The maximum absolute atomic E-state index is 8.12. The van der Waals surface area contributed by atoms with Gasteiger partial charge in [-0.1, -0.05) is 6.07 Å². The van der Waals surface area contributed by atoms with Crippen molar-refractivity contribution in [2.75, 3.05) is 6.61 Å². The van der Waals surface area contributed by atoms with E-state index in [-0.39, 0.29) is 0 Å². The fourth-order valence-electron chi connectivity index (χ4n) is 5.64. The van der Waals surface area contributed by atoms with Crippen molar-refractivity contribution in [1.29, 1.82) is 0 Å². The summed E-state index contributed by atoms with van der Waals surface area (Å²) in [7, 11) is 0. The van der Waals surface area contributed by atoms with Gasteiger partial charge in [-0.3, -0.25) is 0 Å². The summed E-state index contributed by atoms with van der Waals surface area (Å²) in [6.07, 6.45) is 3.77. The summed E-state index contributed by atoms with van der Waals surface area (Å²) in [4.78, 5) is 4.65. The van der Waals surface area contributed by atoms with Gasteiger partial charge in [0.05, 0.1) is 6.61 Å². The summed E-state index contributed by atoms with van der Waals surface area (Å²) in [5, 5.41) is 2.16. The molecule has 8 rings (SSSR count). The third kappa shape index (κ3) is 3.97. The molecule has 0 bridgehead atoms. The molecule has 41 heavy (non-hydrogen) atoms. The van der Waals surface area contributed by atoms with Crippen molar-refractivity contribution in [2.24, 2.45) is 6.98 Å².